The molecule has 2 aromatic rings. The normalized spacial score (nSPS) is 17.1. The van der Waals surface area contributed by atoms with Crippen LogP contribution in [0.2, 0.25) is 0 Å². The smallest absolute Gasteiger partial charge is 0.407 e. The van der Waals surface area contributed by atoms with Gasteiger partial charge < -0.3 is 14.1 Å². The van der Waals surface area contributed by atoms with Gasteiger partial charge in [0.05, 0.1) is 5.92 Å². The predicted molar refractivity (Wildman–Crippen MR) is 95.2 cm³/mol. The Labute approximate surface area is 164 Å². The van der Waals surface area contributed by atoms with Crippen molar-refractivity contribution in [1.82, 2.24) is 10.2 Å². The Morgan fingerprint density at radius 3 is 2.62 bits per heavy atom. The number of rotatable bonds is 6. The van der Waals surface area contributed by atoms with E-state index in [0.717, 1.165) is 12.1 Å². The molecule has 1 saturated heterocycles. The number of hydrogen-bond acceptors (Lipinski definition) is 6. The number of aromatic nitrogens is 2. The lowest BCUT2D eigenvalue weighted by Crippen LogP contribution is -2.24. The summed E-state index contributed by atoms with van der Waals surface area (Å²) in [5.74, 6) is -0.868. The molecule has 1 aromatic heterocycles. The number of ether oxygens (including phenoxy) is 1. The Morgan fingerprint density at radius 2 is 2.00 bits per heavy atom. The lowest BCUT2D eigenvalue weighted by molar-refractivity contribution is -0.274. The van der Waals surface area contributed by atoms with E-state index in [1.165, 1.54) is 17.0 Å². The summed E-state index contributed by atoms with van der Waals surface area (Å²) < 4.78 is 46.0. The van der Waals surface area contributed by atoms with E-state index in [4.69, 9.17) is 4.42 Å². The lowest BCUT2D eigenvalue weighted by Gasteiger charge is -2.17. The number of nitrogens with one attached hydrogen (secondary N) is 1. The van der Waals surface area contributed by atoms with Gasteiger partial charge in [-0.05, 0) is 30.2 Å². The number of amides is 2. The third kappa shape index (κ3) is 5.46. The van der Waals surface area contributed by atoms with Crippen molar-refractivity contribution in [2.24, 2.45) is 5.92 Å². The number of nitrogens with zero attached hydrogens (tertiary/aromatic N) is 3. The highest BCUT2D eigenvalue weighted by atomic mass is 19.4. The molecule has 2 heterocycles. The highest BCUT2D eigenvalue weighted by Crippen LogP contribution is 2.33. The maximum absolute atomic E-state index is 12.3. The fourth-order valence-corrected chi connectivity index (χ4v) is 2.94. The second-order valence-electron chi connectivity index (χ2n) is 7.04. The van der Waals surface area contributed by atoms with Crippen molar-refractivity contribution in [2.75, 3.05) is 16.8 Å². The average molecular weight is 412 g/mol. The molecule has 0 saturated carbocycles. The van der Waals surface area contributed by atoms with Crippen LogP contribution in [0.15, 0.2) is 28.7 Å². The van der Waals surface area contributed by atoms with Crippen molar-refractivity contribution in [1.29, 1.82) is 0 Å². The molecule has 0 spiro atoms. The number of anilines is 2. The standard InChI is InChI=1S/C18H19F3N4O4/c1-10(2)7-14(26)22-17-24-23-16(28-17)11-8-15(27)25(9-11)12-3-5-13(6-4-12)29-18(19,20)21/h3-6,10-11H,7-9H2,1-2H3,(H,22,24,26)/t11-/m0/s1. The molecule has 3 rings (SSSR count). The number of benzene rings is 1. The molecule has 1 aliphatic heterocycles. The zero-order valence-electron chi connectivity index (χ0n) is 15.7. The van der Waals surface area contributed by atoms with Crippen LogP contribution in [0.5, 0.6) is 5.75 Å². The quantitative estimate of drug-likeness (QED) is 0.780. The molecule has 1 atom stereocenters. The molecular weight excluding hydrogens is 393 g/mol. The maximum Gasteiger partial charge on any atom is 0.573 e. The van der Waals surface area contributed by atoms with Gasteiger partial charge in [0.15, 0.2) is 0 Å². The van der Waals surface area contributed by atoms with Crippen LogP contribution in [0.4, 0.5) is 24.9 Å². The fraction of sp³-hybridized carbons (Fsp3) is 0.444. The van der Waals surface area contributed by atoms with Crippen molar-refractivity contribution in [3.63, 3.8) is 0 Å². The Bertz CT molecular complexity index is 880. The zero-order valence-corrected chi connectivity index (χ0v) is 15.7. The highest BCUT2D eigenvalue weighted by Gasteiger charge is 2.35. The van der Waals surface area contributed by atoms with Crippen LogP contribution in [-0.4, -0.2) is 34.9 Å². The van der Waals surface area contributed by atoms with E-state index in [9.17, 15) is 22.8 Å². The Balaban J connectivity index is 1.64. The lowest BCUT2D eigenvalue weighted by atomic mass is 10.1. The molecule has 11 heteroatoms. The molecule has 156 valence electrons. The molecule has 29 heavy (non-hydrogen) atoms. The van der Waals surface area contributed by atoms with E-state index in [1.807, 2.05) is 13.8 Å². The number of carbonyl (C=O) groups is 2. The van der Waals surface area contributed by atoms with Gasteiger partial charge in [0.25, 0.3) is 0 Å². The topological polar surface area (TPSA) is 97.6 Å². The van der Waals surface area contributed by atoms with E-state index >= 15 is 0 Å². The van der Waals surface area contributed by atoms with Gasteiger partial charge in [-0.2, -0.15) is 0 Å². The van der Waals surface area contributed by atoms with Gasteiger partial charge in [0, 0.05) is 25.1 Å². The summed E-state index contributed by atoms with van der Waals surface area (Å²) in [5, 5.41) is 10.2. The van der Waals surface area contributed by atoms with Crippen LogP contribution < -0.4 is 15.0 Å². The largest absolute Gasteiger partial charge is 0.573 e. The number of halogens is 3. The first-order chi connectivity index (χ1) is 13.6. The number of carbonyl (C=O) groups excluding carboxylic acids is 2. The molecule has 0 radical (unpaired) electrons. The molecule has 0 aliphatic carbocycles. The third-order valence-corrected chi connectivity index (χ3v) is 4.14. The second kappa shape index (κ2) is 8.10. The predicted octanol–water partition coefficient (Wildman–Crippen LogP) is 3.47. The second-order valence-corrected chi connectivity index (χ2v) is 7.04. The van der Waals surface area contributed by atoms with Crippen molar-refractivity contribution >= 4 is 23.5 Å². The third-order valence-electron chi connectivity index (χ3n) is 4.14. The highest BCUT2D eigenvalue weighted by molar-refractivity contribution is 5.96. The van der Waals surface area contributed by atoms with Gasteiger partial charge in [-0.1, -0.05) is 18.9 Å². The molecule has 0 bridgehead atoms. The van der Waals surface area contributed by atoms with Gasteiger partial charge in [0.2, 0.25) is 17.7 Å². The van der Waals surface area contributed by atoms with Gasteiger partial charge in [0.1, 0.15) is 5.75 Å². The van der Waals surface area contributed by atoms with Crippen molar-refractivity contribution in [3.8, 4) is 5.75 Å². The summed E-state index contributed by atoms with van der Waals surface area (Å²) in [6, 6.07) is 4.97. The van der Waals surface area contributed by atoms with E-state index < -0.39 is 12.3 Å². The van der Waals surface area contributed by atoms with E-state index in [-0.39, 0.29) is 48.4 Å². The molecule has 0 unspecified atom stereocenters. The minimum absolute atomic E-state index is 0.0369. The van der Waals surface area contributed by atoms with Gasteiger partial charge in [-0.25, -0.2) is 0 Å². The van der Waals surface area contributed by atoms with Crippen LogP contribution in [0.1, 0.15) is 38.5 Å². The minimum atomic E-state index is -4.78. The SMILES string of the molecule is CC(C)CC(=O)Nc1nnc([C@H]2CC(=O)N(c3ccc(OC(F)(F)F)cc3)C2)o1. The Hall–Kier alpha value is -3.11. The number of alkyl halides is 3. The van der Waals surface area contributed by atoms with Gasteiger partial charge >= 0.3 is 12.4 Å². The zero-order chi connectivity index (χ0) is 21.2. The molecule has 1 N–H and O–H groups in total. The minimum Gasteiger partial charge on any atom is -0.407 e. The monoisotopic (exact) mass is 412 g/mol. The summed E-state index contributed by atoms with van der Waals surface area (Å²) >= 11 is 0. The summed E-state index contributed by atoms with van der Waals surface area (Å²) in [5.41, 5.74) is 0.428. The molecule has 1 fully saturated rings. The van der Waals surface area contributed by atoms with Crippen molar-refractivity contribution in [2.45, 2.75) is 39.0 Å². The van der Waals surface area contributed by atoms with E-state index in [1.54, 1.807) is 0 Å². The van der Waals surface area contributed by atoms with Crippen LogP contribution in [0, 0.1) is 5.92 Å². The number of hydrogen-bond donors (Lipinski definition) is 1. The van der Waals surface area contributed by atoms with Crippen LogP contribution in [0.3, 0.4) is 0 Å². The fourth-order valence-electron chi connectivity index (χ4n) is 2.94. The summed E-state index contributed by atoms with van der Waals surface area (Å²) in [4.78, 5) is 25.5. The first kappa shape index (κ1) is 20.6. The summed E-state index contributed by atoms with van der Waals surface area (Å²) in [6.07, 6.45) is -4.37. The van der Waals surface area contributed by atoms with E-state index in [2.05, 4.69) is 20.3 Å². The maximum atomic E-state index is 12.3. The molecule has 1 aromatic carbocycles. The molecule has 1 aliphatic rings. The summed E-state index contributed by atoms with van der Waals surface area (Å²) in [7, 11) is 0. The summed E-state index contributed by atoms with van der Waals surface area (Å²) in [6.45, 7) is 4.03. The molecular formula is C18H19F3N4O4. The van der Waals surface area contributed by atoms with Crippen molar-refractivity contribution < 1.29 is 31.9 Å². The van der Waals surface area contributed by atoms with Crippen molar-refractivity contribution in [3.05, 3.63) is 30.2 Å². The van der Waals surface area contributed by atoms with Crippen LogP contribution >= 0.6 is 0 Å². The molecule has 8 nitrogen and oxygen atoms in total. The Kier molecular flexibility index (Phi) is 5.76. The van der Waals surface area contributed by atoms with Crippen LogP contribution in [-0.2, 0) is 9.59 Å². The first-order valence-corrected chi connectivity index (χ1v) is 8.90. The molecule has 2 amide bonds. The van der Waals surface area contributed by atoms with E-state index in [0.29, 0.717) is 12.1 Å². The van der Waals surface area contributed by atoms with Gasteiger partial charge in [-0.3, -0.25) is 14.9 Å². The first-order valence-electron chi connectivity index (χ1n) is 8.90. The Morgan fingerprint density at radius 1 is 1.31 bits per heavy atom. The average Bonchev–Trinajstić information content (AvgIpc) is 3.20. The van der Waals surface area contributed by atoms with Crippen LogP contribution in [0.25, 0.3) is 0 Å². The van der Waals surface area contributed by atoms with Gasteiger partial charge in [-0.15, -0.1) is 18.3 Å².